The van der Waals surface area contributed by atoms with Gasteiger partial charge >= 0.3 is 0 Å². The Bertz CT molecular complexity index is 681. The van der Waals surface area contributed by atoms with E-state index in [9.17, 15) is 4.79 Å². The van der Waals surface area contributed by atoms with Gasteiger partial charge in [-0.25, -0.2) is 5.43 Å². The first-order valence-corrected chi connectivity index (χ1v) is 7.32. The van der Waals surface area contributed by atoms with Gasteiger partial charge in [-0.05, 0) is 31.2 Å². The quantitative estimate of drug-likeness (QED) is 0.699. The van der Waals surface area contributed by atoms with Crippen LogP contribution in [0.4, 0.5) is 0 Å². The Morgan fingerprint density at radius 2 is 2.14 bits per heavy atom. The number of rotatable bonds is 3. The van der Waals surface area contributed by atoms with E-state index in [-0.39, 0.29) is 12.5 Å². The zero-order valence-electron chi connectivity index (χ0n) is 11.4. The molecule has 1 aliphatic rings. The van der Waals surface area contributed by atoms with Gasteiger partial charge in [0.1, 0.15) is 6.61 Å². The van der Waals surface area contributed by atoms with Gasteiger partial charge in [0.2, 0.25) is 6.10 Å². The molecule has 1 aromatic carbocycles. The van der Waals surface area contributed by atoms with Crippen LogP contribution in [-0.2, 0) is 4.79 Å². The lowest BCUT2D eigenvalue weighted by atomic mass is 10.2. The number of hydrazone groups is 1. The van der Waals surface area contributed by atoms with E-state index in [1.54, 1.807) is 29.7 Å². The molecule has 0 radical (unpaired) electrons. The summed E-state index contributed by atoms with van der Waals surface area (Å²) in [6.07, 6.45) is 0.926. The molecule has 0 saturated heterocycles. The number of benzene rings is 1. The third-order valence-corrected chi connectivity index (χ3v) is 3.86. The molecule has 6 heteroatoms. The molecule has 1 aliphatic heterocycles. The van der Waals surface area contributed by atoms with Gasteiger partial charge in [0.25, 0.3) is 5.91 Å². The third-order valence-electron chi connectivity index (χ3n) is 2.93. The molecule has 21 heavy (non-hydrogen) atoms. The van der Waals surface area contributed by atoms with Crippen LogP contribution in [0.5, 0.6) is 11.5 Å². The Kier molecular flexibility index (Phi) is 3.87. The highest BCUT2D eigenvalue weighted by Crippen LogP contribution is 2.30. The predicted octanol–water partition coefficient (Wildman–Crippen LogP) is 2.35. The summed E-state index contributed by atoms with van der Waals surface area (Å²) in [4.78, 5) is 14.2. The second-order valence-corrected chi connectivity index (χ2v) is 5.87. The lowest BCUT2D eigenvalue weighted by Gasteiger charge is -2.24. The molecule has 0 aliphatic carbocycles. The fourth-order valence-corrected chi connectivity index (χ4v) is 2.65. The molecule has 1 unspecified atom stereocenters. The molecule has 0 saturated carbocycles. The summed E-state index contributed by atoms with van der Waals surface area (Å²) in [6, 6.07) is 11.2. The highest BCUT2D eigenvalue weighted by molar-refractivity contribution is 7.13. The van der Waals surface area contributed by atoms with E-state index in [1.165, 1.54) is 4.88 Å². The van der Waals surface area contributed by atoms with Crippen molar-refractivity contribution in [1.29, 1.82) is 0 Å². The number of carbonyl (C=O) groups excluding carboxylic acids is 1. The number of nitrogens with zero attached hydrogens (tertiary/aromatic N) is 1. The maximum absolute atomic E-state index is 12.0. The number of aryl methyl sites for hydroxylation is 1. The van der Waals surface area contributed by atoms with Crippen molar-refractivity contribution in [1.82, 2.24) is 5.43 Å². The van der Waals surface area contributed by atoms with Crippen LogP contribution in [-0.4, -0.2) is 24.8 Å². The summed E-state index contributed by atoms with van der Waals surface area (Å²) in [5, 5.41) is 3.94. The molecule has 108 valence electrons. The normalized spacial score (nSPS) is 16.9. The lowest BCUT2D eigenvalue weighted by molar-refractivity contribution is -0.130. The van der Waals surface area contributed by atoms with Crippen LogP contribution in [0.15, 0.2) is 41.5 Å². The highest BCUT2D eigenvalue weighted by atomic mass is 32.1. The van der Waals surface area contributed by atoms with Gasteiger partial charge < -0.3 is 9.47 Å². The Labute approximate surface area is 126 Å². The van der Waals surface area contributed by atoms with Crippen molar-refractivity contribution >= 4 is 23.5 Å². The van der Waals surface area contributed by atoms with Crippen molar-refractivity contribution in [2.45, 2.75) is 13.0 Å². The number of thiophene rings is 1. The summed E-state index contributed by atoms with van der Waals surface area (Å²) in [5.41, 5.74) is 2.47. The number of fused-ring (bicyclic) bond motifs is 1. The van der Waals surface area contributed by atoms with Crippen molar-refractivity contribution in [3.63, 3.8) is 0 Å². The first kappa shape index (κ1) is 13.6. The summed E-state index contributed by atoms with van der Waals surface area (Å²) in [7, 11) is 0. The minimum Gasteiger partial charge on any atom is -0.485 e. The monoisotopic (exact) mass is 302 g/mol. The van der Waals surface area contributed by atoms with Crippen molar-refractivity contribution < 1.29 is 14.3 Å². The number of hydrogen-bond acceptors (Lipinski definition) is 5. The molecule has 1 amide bonds. The minimum absolute atomic E-state index is 0.177. The fraction of sp³-hybridized carbons (Fsp3) is 0.200. The maximum Gasteiger partial charge on any atom is 0.284 e. The Morgan fingerprint density at radius 1 is 1.33 bits per heavy atom. The van der Waals surface area contributed by atoms with Gasteiger partial charge in [0.15, 0.2) is 11.5 Å². The predicted molar refractivity (Wildman–Crippen MR) is 81.1 cm³/mol. The van der Waals surface area contributed by atoms with E-state index in [2.05, 4.69) is 10.5 Å². The smallest absolute Gasteiger partial charge is 0.284 e. The lowest BCUT2D eigenvalue weighted by Crippen LogP contribution is -2.42. The molecule has 0 bridgehead atoms. The Morgan fingerprint density at radius 3 is 2.90 bits per heavy atom. The molecule has 2 aromatic rings. The first-order valence-electron chi connectivity index (χ1n) is 6.50. The largest absolute Gasteiger partial charge is 0.485 e. The third kappa shape index (κ3) is 3.22. The summed E-state index contributed by atoms with van der Waals surface area (Å²) >= 11 is 1.61. The molecule has 1 atom stereocenters. The zero-order chi connectivity index (χ0) is 14.7. The molecule has 0 spiro atoms. The highest BCUT2D eigenvalue weighted by Gasteiger charge is 2.26. The summed E-state index contributed by atoms with van der Waals surface area (Å²) in [6.45, 7) is 2.20. The molecule has 1 N–H and O–H groups in total. The van der Waals surface area contributed by atoms with E-state index in [0.29, 0.717) is 11.5 Å². The second-order valence-electron chi connectivity index (χ2n) is 4.55. The van der Waals surface area contributed by atoms with E-state index in [4.69, 9.17) is 9.47 Å². The molecule has 1 aromatic heterocycles. The Hall–Kier alpha value is -2.34. The molecule has 2 heterocycles. The number of nitrogens with one attached hydrogen (secondary N) is 1. The van der Waals surface area contributed by atoms with E-state index in [1.807, 2.05) is 31.2 Å². The number of para-hydroxylation sites is 2. The van der Waals surface area contributed by atoms with Gasteiger partial charge in [-0.3, -0.25) is 4.79 Å². The van der Waals surface area contributed by atoms with Crippen molar-refractivity contribution in [2.24, 2.45) is 5.10 Å². The summed E-state index contributed by atoms with van der Waals surface area (Å²) < 4.78 is 11.1. The second kappa shape index (κ2) is 5.97. The number of carbonyl (C=O) groups is 1. The fourth-order valence-electron chi connectivity index (χ4n) is 1.90. The molecular weight excluding hydrogens is 288 g/mol. The summed E-state index contributed by atoms with van der Waals surface area (Å²) in [5.74, 6) is 0.898. The maximum atomic E-state index is 12.0. The average molecular weight is 302 g/mol. The van der Waals surface area contributed by atoms with Crippen LogP contribution in [0.25, 0.3) is 0 Å². The van der Waals surface area contributed by atoms with Crippen LogP contribution < -0.4 is 14.9 Å². The van der Waals surface area contributed by atoms with Crippen LogP contribution in [0.1, 0.15) is 9.75 Å². The molecular formula is C15H14N2O3S. The zero-order valence-corrected chi connectivity index (χ0v) is 12.2. The minimum atomic E-state index is -0.692. The van der Waals surface area contributed by atoms with Gasteiger partial charge in [0, 0.05) is 9.75 Å². The van der Waals surface area contributed by atoms with Gasteiger partial charge in [-0.1, -0.05) is 12.1 Å². The van der Waals surface area contributed by atoms with E-state index < -0.39 is 6.10 Å². The van der Waals surface area contributed by atoms with E-state index >= 15 is 0 Å². The molecule has 5 nitrogen and oxygen atoms in total. The first-order chi connectivity index (χ1) is 10.2. The van der Waals surface area contributed by atoms with Crippen LogP contribution in [0.3, 0.4) is 0 Å². The number of amides is 1. The topological polar surface area (TPSA) is 59.9 Å². The average Bonchev–Trinajstić information content (AvgIpc) is 2.92. The number of hydrogen-bond donors (Lipinski definition) is 1. The van der Waals surface area contributed by atoms with E-state index in [0.717, 1.165) is 4.88 Å². The molecule has 3 rings (SSSR count). The molecule has 0 fully saturated rings. The van der Waals surface area contributed by atoms with Gasteiger partial charge in [-0.2, -0.15) is 5.10 Å². The van der Waals surface area contributed by atoms with Crippen molar-refractivity contribution in [2.75, 3.05) is 6.61 Å². The standard InChI is InChI=1S/C15H14N2O3S/c1-10-6-7-11(21-10)8-16-17-15(18)14-9-19-12-4-2-3-5-13(12)20-14/h2-8,14H,9H2,1H3,(H,17,18)/b16-8+. The van der Waals surface area contributed by atoms with Crippen LogP contribution in [0.2, 0.25) is 0 Å². The van der Waals surface area contributed by atoms with Gasteiger partial charge in [0.05, 0.1) is 6.21 Å². The van der Waals surface area contributed by atoms with Crippen LogP contribution >= 0.6 is 11.3 Å². The Balaban J connectivity index is 1.58. The van der Waals surface area contributed by atoms with Crippen molar-refractivity contribution in [3.05, 3.63) is 46.2 Å². The van der Waals surface area contributed by atoms with Gasteiger partial charge in [-0.15, -0.1) is 11.3 Å². The van der Waals surface area contributed by atoms with Crippen LogP contribution in [0, 0.1) is 6.92 Å². The number of ether oxygens (including phenoxy) is 2. The van der Waals surface area contributed by atoms with Crippen molar-refractivity contribution in [3.8, 4) is 11.5 Å². The SMILES string of the molecule is Cc1ccc(/C=N/NC(=O)C2COc3ccccc3O2)s1.